The van der Waals surface area contributed by atoms with E-state index in [-0.39, 0.29) is 0 Å². The molecular weight excluding hydrogens is 322 g/mol. The quantitative estimate of drug-likeness (QED) is 0.409. The predicted molar refractivity (Wildman–Crippen MR) is 108 cm³/mol. The van der Waals surface area contributed by atoms with E-state index < -0.39 is 0 Å². The van der Waals surface area contributed by atoms with Gasteiger partial charge in [0.15, 0.2) is 0 Å². The maximum atomic E-state index is 5.01. The lowest BCUT2D eigenvalue weighted by Crippen LogP contribution is -1.97. The first-order valence-electron chi connectivity index (χ1n) is 8.40. The van der Waals surface area contributed by atoms with Crippen molar-refractivity contribution in [1.82, 2.24) is 4.98 Å². The van der Waals surface area contributed by atoms with Crippen LogP contribution in [-0.4, -0.2) is 11.2 Å². The zero-order chi connectivity index (χ0) is 17.1. The highest BCUT2D eigenvalue weighted by molar-refractivity contribution is 7.98. The minimum absolute atomic E-state index is 0.839. The highest BCUT2D eigenvalue weighted by atomic mass is 32.2. The molecule has 0 aliphatic rings. The molecule has 1 nitrogen and oxygen atoms in total. The Morgan fingerprint density at radius 3 is 2.24 bits per heavy atom. The smallest absolute Gasteiger partial charge is 0.0706 e. The van der Waals surface area contributed by atoms with E-state index in [1.807, 2.05) is 0 Å². The molecular formula is C23H19NS. The average molecular weight is 341 g/mol. The molecule has 122 valence electrons. The first-order chi connectivity index (χ1) is 12.3. The van der Waals surface area contributed by atoms with Crippen molar-refractivity contribution in [3.63, 3.8) is 0 Å². The summed E-state index contributed by atoms with van der Waals surface area (Å²) in [5.74, 6) is 0. The van der Waals surface area contributed by atoms with Gasteiger partial charge < -0.3 is 0 Å². The Balaban J connectivity index is 1.89. The van der Waals surface area contributed by atoms with Gasteiger partial charge in [-0.3, -0.25) is 4.98 Å². The summed E-state index contributed by atoms with van der Waals surface area (Å²) in [6, 6.07) is 29.9. The van der Waals surface area contributed by atoms with Gasteiger partial charge in [0.05, 0.1) is 11.2 Å². The molecule has 0 aliphatic carbocycles. The van der Waals surface area contributed by atoms with E-state index >= 15 is 0 Å². The van der Waals surface area contributed by atoms with E-state index in [0.717, 1.165) is 17.6 Å². The maximum Gasteiger partial charge on any atom is 0.0706 e. The SMILES string of the molecule is CSc1ccc2nc(Cc3ccccc3)c(-c3ccccc3)cc2c1. The van der Waals surface area contributed by atoms with Crippen LogP contribution in [0.2, 0.25) is 0 Å². The lowest BCUT2D eigenvalue weighted by atomic mass is 9.97. The van der Waals surface area contributed by atoms with Gasteiger partial charge in [-0.25, -0.2) is 0 Å². The van der Waals surface area contributed by atoms with E-state index in [2.05, 4.69) is 91.2 Å². The third kappa shape index (κ3) is 3.45. The van der Waals surface area contributed by atoms with Gasteiger partial charge in [-0.2, -0.15) is 0 Å². The van der Waals surface area contributed by atoms with E-state index in [1.165, 1.54) is 27.0 Å². The number of hydrogen-bond acceptors (Lipinski definition) is 2. The molecule has 0 N–H and O–H groups in total. The number of nitrogens with zero attached hydrogens (tertiary/aromatic N) is 1. The van der Waals surface area contributed by atoms with Crippen molar-refractivity contribution >= 4 is 22.7 Å². The van der Waals surface area contributed by atoms with Crippen LogP contribution in [0.25, 0.3) is 22.0 Å². The van der Waals surface area contributed by atoms with Crippen molar-refractivity contribution in [1.29, 1.82) is 0 Å². The molecule has 2 heteroatoms. The molecule has 1 heterocycles. The fourth-order valence-corrected chi connectivity index (χ4v) is 3.56. The van der Waals surface area contributed by atoms with Gasteiger partial charge in [0, 0.05) is 22.3 Å². The van der Waals surface area contributed by atoms with Crippen molar-refractivity contribution in [2.45, 2.75) is 11.3 Å². The lowest BCUT2D eigenvalue weighted by molar-refractivity contribution is 1.10. The molecule has 0 unspecified atom stereocenters. The van der Waals surface area contributed by atoms with E-state index in [1.54, 1.807) is 11.8 Å². The second kappa shape index (κ2) is 7.12. The van der Waals surface area contributed by atoms with Crippen LogP contribution < -0.4 is 0 Å². The van der Waals surface area contributed by atoms with Crippen LogP contribution in [-0.2, 0) is 6.42 Å². The third-order valence-corrected chi connectivity index (χ3v) is 5.13. The van der Waals surface area contributed by atoms with Crippen molar-refractivity contribution in [3.8, 4) is 11.1 Å². The minimum atomic E-state index is 0.839. The van der Waals surface area contributed by atoms with Crippen LogP contribution in [0, 0.1) is 0 Å². The third-order valence-electron chi connectivity index (χ3n) is 4.40. The normalized spacial score (nSPS) is 10.9. The van der Waals surface area contributed by atoms with Crippen molar-refractivity contribution in [2.75, 3.05) is 6.26 Å². The van der Waals surface area contributed by atoms with Crippen LogP contribution >= 0.6 is 11.8 Å². The van der Waals surface area contributed by atoms with E-state index in [0.29, 0.717) is 0 Å². The predicted octanol–water partition coefficient (Wildman–Crippen LogP) is 6.21. The summed E-state index contributed by atoms with van der Waals surface area (Å²) < 4.78 is 0. The number of fused-ring (bicyclic) bond motifs is 1. The Morgan fingerprint density at radius 1 is 0.800 bits per heavy atom. The van der Waals surface area contributed by atoms with E-state index in [4.69, 9.17) is 4.98 Å². The summed E-state index contributed by atoms with van der Waals surface area (Å²) in [5.41, 5.74) is 5.91. The number of hydrogen-bond donors (Lipinski definition) is 0. The topological polar surface area (TPSA) is 12.9 Å². The fourth-order valence-electron chi connectivity index (χ4n) is 3.11. The zero-order valence-corrected chi connectivity index (χ0v) is 15.0. The van der Waals surface area contributed by atoms with Crippen LogP contribution in [0.15, 0.2) is 89.8 Å². The second-order valence-corrected chi connectivity index (χ2v) is 6.95. The second-order valence-electron chi connectivity index (χ2n) is 6.07. The molecule has 0 spiro atoms. The summed E-state index contributed by atoms with van der Waals surface area (Å²) >= 11 is 1.76. The summed E-state index contributed by atoms with van der Waals surface area (Å²) in [6.07, 6.45) is 2.95. The summed E-state index contributed by atoms with van der Waals surface area (Å²) in [4.78, 5) is 6.28. The van der Waals surface area contributed by atoms with Crippen LogP contribution in [0.4, 0.5) is 0 Å². The number of rotatable bonds is 4. The van der Waals surface area contributed by atoms with E-state index in [9.17, 15) is 0 Å². The Kier molecular flexibility index (Phi) is 4.53. The van der Waals surface area contributed by atoms with Gasteiger partial charge in [0.2, 0.25) is 0 Å². The molecule has 0 radical (unpaired) electrons. The molecule has 0 saturated carbocycles. The largest absolute Gasteiger partial charge is 0.252 e. The highest BCUT2D eigenvalue weighted by Crippen LogP contribution is 2.30. The summed E-state index contributed by atoms with van der Waals surface area (Å²) in [7, 11) is 0. The number of pyridine rings is 1. The van der Waals surface area contributed by atoms with Gasteiger partial charge in [-0.05, 0) is 41.6 Å². The number of benzene rings is 3. The molecule has 0 saturated heterocycles. The molecule has 4 aromatic rings. The molecule has 0 bridgehead atoms. The van der Waals surface area contributed by atoms with Gasteiger partial charge in [-0.1, -0.05) is 60.7 Å². The molecule has 0 amide bonds. The van der Waals surface area contributed by atoms with Crippen LogP contribution in [0.1, 0.15) is 11.3 Å². The molecule has 1 aromatic heterocycles. The number of thioether (sulfide) groups is 1. The fraction of sp³-hybridized carbons (Fsp3) is 0.0870. The Labute approximate surface area is 152 Å². The van der Waals surface area contributed by atoms with Gasteiger partial charge in [-0.15, -0.1) is 11.8 Å². The Bertz CT molecular complexity index is 994. The zero-order valence-electron chi connectivity index (χ0n) is 14.1. The van der Waals surface area contributed by atoms with Gasteiger partial charge >= 0.3 is 0 Å². The first-order valence-corrected chi connectivity index (χ1v) is 9.63. The lowest BCUT2D eigenvalue weighted by Gasteiger charge is -2.12. The average Bonchev–Trinajstić information content (AvgIpc) is 2.68. The van der Waals surface area contributed by atoms with Crippen LogP contribution in [0.5, 0.6) is 0 Å². The molecule has 3 aromatic carbocycles. The summed E-state index contributed by atoms with van der Waals surface area (Å²) in [5, 5.41) is 1.20. The van der Waals surface area contributed by atoms with Crippen LogP contribution in [0.3, 0.4) is 0 Å². The molecule has 0 aliphatic heterocycles. The first kappa shape index (κ1) is 15.9. The highest BCUT2D eigenvalue weighted by Gasteiger charge is 2.10. The van der Waals surface area contributed by atoms with Gasteiger partial charge in [0.25, 0.3) is 0 Å². The Hall–Kier alpha value is -2.58. The number of aromatic nitrogens is 1. The Morgan fingerprint density at radius 2 is 1.52 bits per heavy atom. The molecule has 25 heavy (non-hydrogen) atoms. The van der Waals surface area contributed by atoms with Crippen molar-refractivity contribution in [3.05, 3.63) is 96.2 Å². The van der Waals surface area contributed by atoms with Crippen molar-refractivity contribution < 1.29 is 0 Å². The van der Waals surface area contributed by atoms with Gasteiger partial charge in [0.1, 0.15) is 0 Å². The standard InChI is InChI=1S/C23H19NS/c1-25-20-12-13-22-19(15-20)16-21(18-10-6-3-7-11-18)23(24-22)14-17-8-4-2-5-9-17/h2-13,15-16H,14H2,1H3. The molecule has 0 atom stereocenters. The van der Waals surface area contributed by atoms with Crippen molar-refractivity contribution in [2.24, 2.45) is 0 Å². The molecule has 0 fully saturated rings. The summed E-state index contributed by atoms with van der Waals surface area (Å²) in [6.45, 7) is 0. The monoisotopic (exact) mass is 341 g/mol. The molecule has 4 rings (SSSR count). The minimum Gasteiger partial charge on any atom is -0.252 e. The maximum absolute atomic E-state index is 5.01.